The van der Waals surface area contributed by atoms with Crippen LogP contribution in [0.15, 0.2) is 0 Å². The number of rotatable bonds is 5. The lowest BCUT2D eigenvalue weighted by Crippen LogP contribution is -2.26. The highest BCUT2D eigenvalue weighted by molar-refractivity contribution is 7.10. The zero-order chi connectivity index (χ0) is 12.7. The predicted octanol–water partition coefficient (Wildman–Crippen LogP) is 0.593. The van der Waals surface area contributed by atoms with Crippen LogP contribution in [0.2, 0.25) is 0 Å². The first kappa shape index (κ1) is 14.8. The molecule has 0 aliphatic carbocycles. The molecule has 0 aromatic rings. The second-order valence-electron chi connectivity index (χ2n) is 3.19. The first-order valence-corrected chi connectivity index (χ1v) is 5.11. The highest BCUT2D eigenvalue weighted by Gasteiger charge is 2.20. The Morgan fingerprint density at radius 3 is 2.19 bits per heavy atom. The molecule has 6 nitrogen and oxygen atoms in total. The van der Waals surface area contributed by atoms with Crippen LogP contribution in [-0.2, 0) is 28.4 Å². The summed E-state index contributed by atoms with van der Waals surface area (Å²) in [7, 11) is 1.77. The number of esters is 2. The molecule has 3 atom stereocenters. The minimum absolute atomic E-state index is 0.103. The average molecular weight is 250 g/mol. The SMILES string of the molecule is CC(=O)O[C@H](C)CC(=O)O[C@@H](C)C(=O)OP. The van der Waals surface area contributed by atoms with Crippen LogP contribution < -0.4 is 0 Å². The Labute approximate surface area is 95.9 Å². The third-order valence-corrected chi connectivity index (χ3v) is 1.81. The standard InChI is InChI=1S/C9H15O6P/c1-5(13-7(3)10)4-8(11)14-6(2)9(12)15-16/h5-6H,4,16H2,1-3H3/t5-,6+/m1/s1. The zero-order valence-corrected chi connectivity index (χ0v) is 10.5. The van der Waals surface area contributed by atoms with Gasteiger partial charge in [-0.25, -0.2) is 4.79 Å². The van der Waals surface area contributed by atoms with Gasteiger partial charge < -0.3 is 14.0 Å². The summed E-state index contributed by atoms with van der Waals surface area (Å²) in [6.07, 6.45) is -1.66. The number of hydrogen-bond donors (Lipinski definition) is 0. The van der Waals surface area contributed by atoms with Gasteiger partial charge in [0.1, 0.15) is 6.10 Å². The van der Waals surface area contributed by atoms with Crippen molar-refractivity contribution in [3.63, 3.8) is 0 Å². The van der Waals surface area contributed by atoms with Crippen molar-refractivity contribution in [1.29, 1.82) is 0 Å². The lowest BCUT2D eigenvalue weighted by molar-refractivity contribution is -0.163. The van der Waals surface area contributed by atoms with Crippen molar-refractivity contribution >= 4 is 27.4 Å². The van der Waals surface area contributed by atoms with Crippen LogP contribution in [0, 0.1) is 0 Å². The molecule has 0 bridgehead atoms. The lowest BCUT2D eigenvalue weighted by atomic mass is 10.3. The third kappa shape index (κ3) is 6.35. The quantitative estimate of drug-likeness (QED) is 0.525. The van der Waals surface area contributed by atoms with E-state index in [1.807, 2.05) is 0 Å². The van der Waals surface area contributed by atoms with E-state index in [2.05, 4.69) is 4.52 Å². The van der Waals surface area contributed by atoms with Crippen LogP contribution in [0.3, 0.4) is 0 Å². The summed E-state index contributed by atoms with van der Waals surface area (Å²) in [6, 6.07) is 0. The Balaban J connectivity index is 3.98. The Hall–Kier alpha value is -1.16. The fourth-order valence-corrected chi connectivity index (χ4v) is 1.14. The fraction of sp³-hybridized carbons (Fsp3) is 0.667. The highest BCUT2D eigenvalue weighted by Crippen LogP contribution is 2.04. The highest BCUT2D eigenvalue weighted by atomic mass is 31.0. The summed E-state index contributed by atoms with van der Waals surface area (Å²) >= 11 is 0. The second kappa shape index (κ2) is 7.17. The monoisotopic (exact) mass is 250 g/mol. The molecule has 16 heavy (non-hydrogen) atoms. The third-order valence-electron chi connectivity index (χ3n) is 1.58. The Morgan fingerprint density at radius 2 is 1.75 bits per heavy atom. The largest absolute Gasteiger partial charge is 0.462 e. The van der Waals surface area contributed by atoms with Gasteiger partial charge in [0.25, 0.3) is 0 Å². The molecule has 1 unspecified atom stereocenters. The topological polar surface area (TPSA) is 78.9 Å². The lowest BCUT2D eigenvalue weighted by Gasteiger charge is -2.13. The molecule has 0 aliphatic heterocycles. The first-order valence-electron chi connectivity index (χ1n) is 4.64. The van der Waals surface area contributed by atoms with E-state index in [9.17, 15) is 14.4 Å². The van der Waals surface area contributed by atoms with Crippen molar-refractivity contribution < 1.29 is 28.4 Å². The van der Waals surface area contributed by atoms with E-state index in [0.29, 0.717) is 0 Å². The maximum absolute atomic E-state index is 11.2. The van der Waals surface area contributed by atoms with Gasteiger partial charge in [0.15, 0.2) is 6.10 Å². The second-order valence-corrected chi connectivity index (χ2v) is 3.43. The summed E-state index contributed by atoms with van der Waals surface area (Å²) in [4.78, 5) is 32.7. The molecule has 0 N–H and O–H groups in total. The molecular weight excluding hydrogens is 235 g/mol. The molecule has 0 amide bonds. The summed E-state index contributed by atoms with van der Waals surface area (Å²) in [5, 5.41) is 0. The van der Waals surface area contributed by atoms with Crippen LogP contribution in [0.5, 0.6) is 0 Å². The van der Waals surface area contributed by atoms with E-state index in [1.165, 1.54) is 13.8 Å². The normalized spacial score (nSPS) is 13.5. The van der Waals surface area contributed by atoms with Crippen LogP contribution in [0.4, 0.5) is 0 Å². The van der Waals surface area contributed by atoms with E-state index >= 15 is 0 Å². The van der Waals surface area contributed by atoms with Crippen molar-refractivity contribution in [2.24, 2.45) is 0 Å². The van der Waals surface area contributed by atoms with Gasteiger partial charge in [-0.2, -0.15) is 0 Å². The van der Waals surface area contributed by atoms with Gasteiger partial charge in [-0.3, -0.25) is 9.59 Å². The average Bonchev–Trinajstić information content (AvgIpc) is 2.14. The maximum Gasteiger partial charge on any atom is 0.349 e. The van der Waals surface area contributed by atoms with Gasteiger partial charge in [-0.1, -0.05) is 0 Å². The molecule has 0 heterocycles. The van der Waals surface area contributed by atoms with E-state index in [0.717, 1.165) is 0 Å². The van der Waals surface area contributed by atoms with Crippen molar-refractivity contribution in [2.75, 3.05) is 0 Å². The van der Waals surface area contributed by atoms with Gasteiger partial charge in [0, 0.05) is 6.92 Å². The number of ether oxygens (including phenoxy) is 2. The minimum Gasteiger partial charge on any atom is -0.462 e. The van der Waals surface area contributed by atoms with E-state index in [4.69, 9.17) is 9.47 Å². The summed E-state index contributed by atoms with van der Waals surface area (Å²) in [5.74, 6) is -1.77. The van der Waals surface area contributed by atoms with Gasteiger partial charge in [-0.05, 0) is 13.8 Å². The molecule has 92 valence electrons. The van der Waals surface area contributed by atoms with Crippen LogP contribution in [0.25, 0.3) is 0 Å². The van der Waals surface area contributed by atoms with Crippen LogP contribution >= 0.6 is 9.47 Å². The molecule has 7 heteroatoms. The number of carbonyl (C=O) groups excluding carboxylic acids is 3. The van der Waals surface area contributed by atoms with Crippen molar-refractivity contribution in [3.8, 4) is 0 Å². The molecule has 0 spiro atoms. The smallest absolute Gasteiger partial charge is 0.349 e. The molecule has 0 aliphatic rings. The number of carbonyl (C=O) groups is 3. The maximum atomic E-state index is 11.2. The molecule has 0 radical (unpaired) electrons. The molecule has 0 aromatic carbocycles. The van der Waals surface area contributed by atoms with Gasteiger partial charge >= 0.3 is 17.9 Å². The summed E-state index contributed by atoms with van der Waals surface area (Å²) < 4.78 is 13.8. The molecule has 0 rings (SSSR count). The van der Waals surface area contributed by atoms with Gasteiger partial charge in [-0.15, -0.1) is 0 Å². The first-order chi connectivity index (χ1) is 7.36. The van der Waals surface area contributed by atoms with Crippen molar-refractivity contribution in [3.05, 3.63) is 0 Å². The summed E-state index contributed by atoms with van der Waals surface area (Å²) in [6.45, 7) is 4.19. The molecular formula is C9H15O6P. The van der Waals surface area contributed by atoms with E-state index < -0.39 is 30.1 Å². The van der Waals surface area contributed by atoms with E-state index in [1.54, 1.807) is 16.4 Å². The Kier molecular flexibility index (Phi) is 6.65. The predicted molar refractivity (Wildman–Crippen MR) is 57.2 cm³/mol. The summed E-state index contributed by atoms with van der Waals surface area (Å²) in [5.41, 5.74) is 0. The fourth-order valence-electron chi connectivity index (χ4n) is 0.949. The Morgan fingerprint density at radius 1 is 1.19 bits per heavy atom. The number of hydrogen-bond acceptors (Lipinski definition) is 6. The van der Waals surface area contributed by atoms with Gasteiger partial charge in [0.2, 0.25) is 0 Å². The zero-order valence-electron chi connectivity index (χ0n) is 9.39. The molecule has 0 fully saturated rings. The molecule has 0 aromatic heterocycles. The van der Waals surface area contributed by atoms with Crippen molar-refractivity contribution in [2.45, 2.75) is 39.4 Å². The Bertz CT molecular complexity index is 277. The minimum atomic E-state index is -0.977. The molecule has 0 saturated carbocycles. The molecule has 0 saturated heterocycles. The van der Waals surface area contributed by atoms with Crippen LogP contribution in [0.1, 0.15) is 27.2 Å². The van der Waals surface area contributed by atoms with Crippen molar-refractivity contribution in [1.82, 2.24) is 0 Å². The van der Waals surface area contributed by atoms with E-state index in [-0.39, 0.29) is 6.42 Å². The van der Waals surface area contributed by atoms with Crippen LogP contribution in [-0.4, -0.2) is 30.1 Å². The van der Waals surface area contributed by atoms with Gasteiger partial charge in [0.05, 0.1) is 15.9 Å².